The Bertz CT molecular complexity index is 818. The highest BCUT2D eigenvalue weighted by Crippen LogP contribution is 2.22. The summed E-state index contributed by atoms with van der Waals surface area (Å²) in [6.45, 7) is 2.01. The van der Waals surface area contributed by atoms with Crippen LogP contribution in [0.3, 0.4) is 0 Å². The number of carbonyl (C=O) groups is 1. The molecule has 5 heteroatoms. The molecule has 0 saturated carbocycles. The van der Waals surface area contributed by atoms with E-state index in [1.54, 1.807) is 0 Å². The van der Waals surface area contributed by atoms with Crippen LogP contribution in [-0.2, 0) is 0 Å². The molecule has 4 nitrogen and oxygen atoms in total. The van der Waals surface area contributed by atoms with E-state index in [0.717, 1.165) is 27.5 Å². The van der Waals surface area contributed by atoms with E-state index in [9.17, 15) is 4.79 Å². The maximum Gasteiger partial charge on any atom is 0.323 e. The zero-order valence-corrected chi connectivity index (χ0v) is 14.6. The minimum absolute atomic E-state index is 0.258. The fourth-order valence-corrected chi connectivity index (χ4v) is 2.80. The van der Waals surface area contributed by atoms with Crippen LogP contribution in [0.5, 0.6) is 0 Å². The molecule has 0 saturated heterocycles. The van der Waals surface area contributed by atoms with Crippen molar-refractivity contribution in [3.05, 3.63) is 84.4 Å². The van der Waals surface area contributed by atoms with Gasteiger partial charge in [0.05, 0.1) is 0 Å². The van der Waals surface area contributed by atoms with Gasteiger partial charge in [-0.2, -0.15) is 0 Å². The van der Waals surface area contributed by atoms with Gasteiger partial charge in [-0.25, -0.2) is 4.79 Å². The molecule has 0 unspecified atom stereocenters. The SMILES string of the molecule is Cc1ccc(NC(=O)Nc2ccc(SNc3ccccc3)cc2)cc1. The first-order valence-corrected chi connectivity index (χ1v) is 8.73. The summed E-state index contributed by atoms with van der Waals surface area (Å²) in [5.74, 6) is 0. The average Bonchev–Trinajstić information content (AvgIpc) is 2.64. The lowest BCUT2D eigenvalue weighted by atomic mass is 10.2. The molecule has 0 aromatic heterocycles. The smallest absolute Gasteiger partial charge is 0.323 e. The van der Waals surface area contributed by atoms with E-state index in [-0.39, 0.29) is 6.03 Å². The second-order valence-corrected chi connectivity index (χ2v) is 6.42. The Labute approximate surface area is 151 Å². The first kappa shape index (κ1) is 16.9. The monoisotopic (exact) mass is 349 g/mol. The van der Waals surface area contributed by atoms with Gasteiger partial charge in [-0.1, -0.05) is 35.9 Å². The van der Waals surface area contributed by atoms with Gasteiger partial charge in [0.1, 0.15) is 0 Å². The van der Waals surface area contributed by atoms with Crippen LogP contribution >= 0.6 is 11.9 Å². The van der Waals surface area contributed by atoms with Gasteiger partial charge in [0.15, 0.2) is 0 Å². The zero-order chi connectivity index (χ0) is 17.5. The van der Waals surface area contributed by atoms with Crippen molar-refractivity contribution in [1.82, 2.24) is 0 Å². The van der Waals surface area contributed by atoms with Gasteiger partial charge < -0.3 is 15.4 Å². The van der Waals surface area contributed by atoms with Crippen molar-refractivity contribution in [3.8, 4) is 0 Å². The molecule has 3 aromatic carbocycles. The van der Waals surface area contributed by atoms with Crippen LogP contribution < -0.4 is 15.4 Å². The average molecular weight is 349 g/mol. The molecule has 3 rings (SSSR count). The number of amides is 2. The lowest BCUT2D eigenvalue weighted by Gasteiger charge is -2.09. The topological polar surface area (TPSA) is 53.2 Å². The number of benzene rings is 3. The Balaban J connectivity index is 1.51. The van der Waals surface area contributed by atoms with Crippen LogP contribution in [0, 0.1) is 6.92 Å². The highest BCUT2D eigenvalue weighted by molar-refractivity contribution is 8.00. The van der Waals surface area contributed by atoms with E-state index in [2.05, 4.69) is 15.4 Å². The molecule has 0 aliphatic rings. The Morgan fingerprint density at radius 3 is 1.88 bits per heavy atom. The van der Waals surface area contributed by atoms with Crippen molar-refractivity contribution < 1.29 is 4.79 Å². The summed E-state index contributed by atoms with van der Waals surface area (Å²) in [5, 5.41) is 5.64. The number of hydrogen-bond acceptors (Lipinski definition) is 3. The van der Waals surface area contributed by atoms with Crippen molar-refractivity contribution in [2.24, 2.45) is 0 Å². The minimum Gasteiger partial charge on any atom is -0.326 e. The predicted molar refractivity (Wildman–Crippen MR) is 106 cm³/mol. The molecule has 0 fully saturated rings. The number of anilines is 3. The maximum absolute atomic E-state index is 12.0. The Morgan fingerprint density at radius 1 is 0.720 bits per heavy atom. The van der Waals surface area contributed by atoms with Crippen LogP contribution in [0.4, 0.5) is 21.9 Å². The summed E-state index contributed by atoms with van der Waals surface area (Å²) in [6, 6.07) is 25.1. The molecule has 0 aliphatic carbocycles. The Morgan fingerprint density at radius 2 is 1.28 bits per heavy atom. The lowest BCUT2D eigenvalue weighted by molar-refractivity contribution is 0.262. The maximum atomic E-state index is 12.0. The third kappa shape index (κ3) is 5.29. The molecular formula is C20H19N3OS. The molecule has 3 N–H and O–H groups in total. The van der Waals surface area contributed by atoms with Gasteiger partial charge in [0, 0.05) is 22.0 Å². The number of carbonyl (C=O) groups excluding carboxylic acids is 1. The Hall–Kier alpha value is -2.92. The summed E-state index contributed by atoms with van der Waals surface area (Å²) >= 11 is 1.53. The van der Waals surface area contributed by atoms with Gasteiger partial charge in [-0.05, 0) is 67.4 Å². The predicted octanol–water partition coefficient (Wildman–Crippen LogP) is 5.76. The van der Waals surface area contributed by atoms with E-state index in [4.69, 9.17) is 0 Å². The van der Waals surface area contributed by atoms with Gasteiger partial charge in [0.25, 0.3) is 0 Å². The zero-order valence-electron chi connectivity index (χ0n) is 13.8. The van der Waals surface area contributed by atoms with Crippen molar-refractivity contribution in [3.63, 3.8) is 0 Å². The van der Waals surface area contributed by atoms with E-state index in [1.807, 2.05) is 85.8 Å². The normalized spacial score (nSPS) is 10.1. The summed E-state index contributed by atoms with van der Waals surface area (Å²) in [4.78, 5) is 13.1. The number of rotatable bonds is 5. The molecule has 25 heavy (non-hydrogen) atoms. The van der Waals surface area contributed by atoms with Crippen LogP contribution in [0.25, 0.3) is 0 Å². The molecule has 0 bridgehead atoms. The summed E-state index contributed by atoms with van der Waals surface area (Å²) in [7, 11) is 0. The van der Waals surface area contributed by atoms with Crippen molar-refractivity contribution in [2.75, 3.05) is 15.4 Å². The van der Waals surface area contributed by atoms with Crippen molar-refractivity contribution >= 4 is 35.0 Å². The number of nitrogens with one attached hydrogen (secondary N) is 3. The molecule has 0 atom stereocenters. The van der Waals surface area contributed by atoms with Crippen molar-refractivity contribution in [1.29, 1.82) is 0 Å². The molecule has 0 aliphatic heterocycles. The molecule has 3 aromatic rings. The summed E-state index contributed by atoms with van der Waals surface area (Å²) in [6.07, 6.45) is 0. The van der Waals surface area contributed by atoms with Gasteiger partial charge in [-0.15, -0.1) is 0 Å². The highest BCUT2D eigenvalue weighted by Gasteiger charge is 2.03. The standard InChI is InChI=1S/C20H19N3OS/c1-15-7-9-16(10-8-15)21-20(24)22-17-11-13-19(14-12-17)25-23-18-5-3-2-4-6-18/h2-14,23H,1H3,(H2,21,22,24). The molecule has 0 radical (unpaired) electrons. The number of urea groups is 1. The largest absolute Gasteiger partial charge is 0.326 e. The third-order valence-electron chi connectivity index (χ3n) is 3.48. The summed E-state index contributed by atoms with van der Waals surface area (Å²) < 4.78 is 3.28. The first-order valence-electron chi connectivity index (χ1n) is 7.92. The fourth-order valence-electron chi connectivity index (χ4n) is 2.16. The third-order valence-corrected chi connectivity index (χ3v) is 4.33. The van der Waals surface area contributed by atoms with Crippen LogP contribution in [-0.4, -0.2) is 6.03 Å². The quantitative estimate of drug-likeness (QED) is 0.513. The highest BCUT2D eigenvalue weighted by atomic mass is 32.2. The second kappa shape index (κ2) is 8.26. The second-order valence-electron chi connectivity index (χ2n) is 5.54. The van der Waals surface area contributed by atoms with Crippen LogP contribution in [0.2, 0.25) is 0 Å². The lowest BCUT2D eigenvalue weighted by Crippen LogP contribution is -2.19. The van der Waals surface area contributed by atoms with Gasteiger partial charge >= 0.3 is 6.03 Å². The van der Waals surface area contributed by atoms with Crippen LogP contribution in [0.1, 0.15) is 5.56 Å². The van der Waals surface area contributed by atoms with E-state index in [0.29, 0.717) is 0 Å². The first-order chi connectivity index (χ1) is 12.2. The number of hydrogen-bond donors (Lipinski definition) is 3. The summed E-state index contributed by atoms with van der Waals surface area (Å²) in [5.41, 5.74) is 3.71. The van der Waals surface area contributed by atoms with E-state index >= 15 is 0 Å². The minimum atomic E-state index is -0.258. The van der Waals surface area contributed by atoms with E-state index in [1.165, 1.54) is 11.9 Å². The Kier molecular flexibility index (Phi) is 5.59. The van der Waals surface area contributed by atoms with Gasteiger partial charge in [0.2, 0.25) is 0 Å². The number of aryl methyl sites for hydroxylation is 1. The molecule has 2 amide bonds. The van der Waals surface area contributed by atoms with Crippen LogP contribution in [0.15, 0.2) is 83.8 Å². The molecular weight excluding hydrogens is 330 g/mol. The molecule has 0 spiro atoms. The number of para-hydroxylation sites is 1. The van der Waals surface area contributed by atoms with Gasteiger partial charge in [-0.3, -0.25) is 0 Å². The fraction of sp³-hybridized carbons (Fsp3) is 0.0500. The molecule has 0 heterocycles. The van der Waals surface area contributed by atoms with E-state index < -0.39 is 0 Å². The van der Waals surface area contributed by atoms with Crippen molar-refractivity contribution in [2.45, 2.75) is 11.8 Å². The molecule has 126 valence electrons.